The lowest BCUT2D eigenvalue weighted by atomic mass is 9.74. The Morgan fingerprint density at radius 1 is 1.03 bits per heavy atom. The molecule has 29 heavy (non-hydrogen) atoms. The van der Waals surface area contributed by atoms with Crippen LogP contribution >= 0.6 is 0 Å². The second-order valence-electron chi connectivity index (χ2n) is 7.19. The molecule has 1 aliphatic rings. The second kappa shape index (κ2) is 9.78. The number of nitrogens with one attached hydrogen (secondary N) is 2. The fourth-order valence-electron chi connectivity index (χ4n) is 3.57. The van der Waals surface area contributed by atoms with E-state index in [-0.39, 0.29) is 23.3 Å². The van der Waals surface area contributed by atoms with E-state index in [0.717, 1.165) is 36.6 Å². The van der Waals surface area contributed by atoms with Crippen molar-refractivity contribution in [2.24, 2.45) is 4.99 Å². The first kappa shape index (κ1) is 21.2. The van der Waals surface area contributed by atoms with Crippen molar-refractivity contribution < 1.29 is 17.9 Å². The van der Waals surface area contributed by atoms with E-state index in [2.05, 4.69) is 15.6 Å². The number of hydrogen-bond acceptors (Lipinski definition) is 2. The molecule has 0 amide bonds. The molecule has 0 unspecified atom stereocenters. The Bertz CT molecular complexity index is 851. The average molecular weight is 405 g/mol. The summed E-state index contributed by atoms with van der Waals surface area (Å²) in [7, 11) is 0. The third kappa shape index (κ3) is 5.50. The molecule has 0 bridgehead atoms. The van der Waals surface area contributed by atoms with Crippen molar-refractivity contribution in [3.05, 3.63) is 71.0 Å². The van der Waals surface area contributed by atoms with Gasteiger partial charge in [-0.05, 0) is 55.7 Å². The van der Waals surface area contributed by atoms with Crippen LogP contribution in [0, 0.1) is 17.5 Å². The number of ether oxygens (including phenoxy) is 1. The molecular formula is C22H26F3N3O. The van der Waals surface area contributed by atoms with Gasteiger partial charge in [-0.2, -0.15) is 0 Å². The minimum atomic E-state index is -0.498. The first-order valence-electron chi connectivity index (χ1n) is 9.82. The number of hydrogen-bond donors (Lipinski definition) is 2. The summed E-state index contributed by atoms with van der Waals surface area (Å²) in [6.45, 7) is 4.28. The molecule has 1 fully saturated rings. The van der Waals surface area contributed by atoms with Crippen molar-refractivity contribution in [3.63, 3.8) is 0 Å². The highest BCUT2D eigenvalue weighted by Gasteiger charge is 2.35. The number of rotatable bonds is 6. The first-order chi connectivity index (χ1) is 14.0. The average Bonchev–Trinajstić information content (AvgIpc) is 2.73. The Hall–Kier alpha value is -2.54. The van der Waals surface area contributed by atoms with Gasteiger partial charge in [0.1, 0.15) is 17.5 Å². The van der Waals surface area contributed by atoms with Gasteiger partial charge in [0, 0.05) is 37.3 Å². The molecule has 0 spiro atoms. The predicted octanol–water partition coefficient (Wildman–Crippen LogP) is 3.91. The Labute approximate surface area is 169 Å². The normalized spacial score (nSPS) is 16.5. The summed E-state index contributed by atoms with van der Waals surface area (Å²) < 4.78 is 46.6. The van der Waals surface area contributed by atoms with Gasteiger partial charge in [0.25, 0.3) is 0 Å². The van der Waals surface area contributed by atoms with Crippen molar-refractivity contribution in [3.8, 4) is 0 Å². The monoisotopic (exact) mass is 405 g/mol. The molecular weight excluding hydrogens is 379 g/mol. The molecule has 0 saturated carbocycles. The number of benzene rings is 2. The maximum absolute atomic E-state index is 13.9. The third-order valence-electron chi connectivity index (χ3n) is 5.24. The predicted molar refractivity (Wildman–Crippen MR) is 107 cm³/mol. The van der Waals surface area contributed by atoms with E-state index >= 15 is 0 Å². The van der Waals surface area contributed by atoms with Crippen molar-refractivity contribution in [1.82, 2.24) is 10.6 Å². The lowest BCUT2D eigenvalue weighted by Crippen LogP contribution is -2.48. The van der Waals surface area contributed by atoms with Gasteiger partial charge in [-0.3, -0.25) is 0 Å². The lowest BCUT2D eigenvalue weighted by molar-refractivity contribution is 0.0513. The van der Waals surface area contributed by atoms with Gasteiger partial charge in [0.2, 0.25) is 0 Å². The summed E-state index contributed by atoms with van der Waals surface area (Å²) in [4.78, 5) is 4.39. The minimum Gasteiger partial charge on any atom is -0.381 e. The summed E-state index contributed by atoms with van der Waals surface area (Å²) in [6.07, 6.45) is 1.50. The molecule has 1 saturated heterocycles. The molecule has 1 heterocycles. The standard InChI is InChI=1S/C22H26F3N3O/c1-2-26-21(27-14-16-12-19(24)6-7-20(16)25)28-15-22(8-10-29-11-9-22)17-4-3-5-18(23)13-17/h3-7,12-13H,2,8-11,14-15H2,1H3,(H2,26,27,28). The number of aliphatic imine (C=N–C) groups is 1. The molecule has 7 heteroatoms. The molecule has 156 valence electrons. The van der Waals surface area contributed by atoms with Crippen LogP contribution in [0.1, 0.15) is 30.9 Å². The SMILES string of the molecule is CCNC(=NCc1cc(F)ccc1F)NCC1(c2cccc(F)c2)CCOCC1. The van der Waals surface area contributed by atoms with Gasteiger partial charge >= 0.3 is 0 Å². The molecule has 4 nitrogen and oxygen atoms in total. The van der Waals surface area contributed by atoms with Crippen LogP contribution in [0.2, 0.25) is 0 Å². The Morgan fingerprint density at radius 3 is 2.52 bits per heavy atom. The van der Waals surface area contributed by atoms with Gasteiger partial charge in [0.15, 0.2) is 5.96 Å². The van der Waals surface area contributed by atoms with E-state index in [4.69, 9.17) is 4.74 Å². The largest absolute Gasteiger partial charge is 0.381 e. The van der Waals surface area contributed by atoms with Crippen LogP contribution in [0.4, 0.5) is 13.2 Å². The molecule has 0 radical (unpaired) electrons. The zero-order valence-electron chi connectivity index (χ0n) is 16.5. The van der Waals surface area contributed by atoms with Gasteiger partial charge in [-0.25, -0.2) is 18.2 Å². The van der Waals surface area contributed by atoms with Gasteiger partial charge < -0.3 is 15.4 Å². The summed E-state index contributed by atoms with van der Waals surface area (Å²) in [5.74, 6) is -0.762. The molecule has 2 aromatic rings. The van der Waals surface area contributed by atoms with Crippen LogP contribution in [-0.4, -0.2) is 32.3 Å². The fraction of sp³-hybridized carbons (Fsp3) is 0.409. The van der Waals surface area contributed by atoms with E-state index in [0.29, 0.717) is 32.3 Å². The third-order valence-corrected chi connectivity index (χ3v) is 5.24. The summed E-state index contributed by atoms with van der Waals surface area (Å²) in [6, 6.07) is 9.98. The Morgan fingerprint density at radius 2 is 1.79 bits per heavy atom. The van der Waals surface area contributed by atoms with Crippen LogP contribution in [0.15, 0.2) is 47.5 Å². The van der Waals surface area contributed by atoms with Gasteiger partial charge in [0.05, 0.1) is 6.54 Å². The van der Waals surface area contributed by atoms with Crippen LogP contribution < -0.4 is 10.6 Å². The van der Waals surface area contributed by atoms with E-state index in [9.17, 15) is 13.2 Å². The topological polar surface area (TPSA) is 45.7 Å². The molecule has 1 aliphatic heterocycles. The summed E-state index contributed by atoms with van der Waals surface area (Å²) >= 11 is 0. The Balaban J connectivity index is 1.77. The maximum atomic E-state index is 13.9. The number of halogens is 3. The summed E-state index contributed by atoms with van der Waals surface area (Å²) in [5, 5.41) is 6.42. The van der Waals surface area contributed by atoms with Crippen molar-refractivity contribution in [2.75, 3.05) is 26.3 Å². The molecule has 0 aromatic heterocycles. The minimum absolute atomic E-state index is 0.00893. The van der Waals surface area contributed by atoms with Gasteiger partial charge in [-0.1, -0.05) is 12.1 Å². The van der Waals surface area contributed by atoms with Crippen molar-refractivity contribution in [1.29, 1.82) is 0 Å². The smallest absolute Gasteiger partial charge is 0.191 e. The van der Waals surface area contributed by atoms with Crippen LogP contribution in [-0.2, 0) is 16.7 Å². The first-order valence-corrected chi connectivity index (χ1v) is 9.82. The fourth-order valence-corrected chi connectivity index (χ4v) is 3.57. The zero-order valence-corrected chi connectivity index (χ0v) is 16.5. The van der Waals surface area contributed by atoms with Crippen LogP contribution in [0.3, 0.4) is 0 Å². The highest BCUT2D eigenvalue weighted by molar-refractivity contribution is 5.79. The van der Waals surface area contributed by atoms with E-state index < -0.39 is 11.6 Å². The Kier molecular flexibility index (Phi) is 7.14. The van der Waals surface area contributed by atoms with E-state index in [1.54, 1.807) is 12.1 Å². The molecule has 0 aliphatic carbocycles. The van der Waals surface area contributed by atoms with Crippen LogP contribution in [0.25, 0.3) is 0 Å². The lowest BCUT2D eigenvalue weighted by Gasteiger charge is -2.38. The summed E-state index contributed by atoms with van der Waals surface area (Å²) in [5.41, 5.74) is 0.814. The number of nitrogens with zero attached hydrogens (tertiary/aromatic N) is 1. The molecule has 2 aromatic carbocycles. The second-order valence-corrected chi connectivity index (χ2v) is 7.19. The zero-order chi connectivity index (χ0) is 20.7. The molecule has 3 rings (SSSR count). The highest BCUT2D eigenvalue weighted by atomic mass is 19.1. The maximum Gasteiger partial charge on any atom is 0.191 e. The van der Waals surface area contributed by atoms with E-state index in [1.807, 2.05) is 13.0 Å². The van der Waals surface area contributed by atoms with Gasteiger partial charge in [-0.15, -0.1) is 0 Å². The van der Waals surface area contributed by atoms with Crippen LogP contribution in [0.5, 0.6) is 0 Å². The quantitative estimate of drug-likeness (QED) is 0.566. The highest BCUT2D eigenvalue weighted by Crippen LogP contribution is 2.34. The van der Waals surface area contributed by atoms with E-state index in [1.165, 1.54) is 6.07 Å². The molecule has 2 N–H and O–H groups in total. The van der Waals surface area contributed by atoms with Crippen molar-refractivity contribution >= 4 is 5.96 Å². The number of guanidine groups is 1. The molecule has 0 atom stereocenters. The van der Waals surface area contributed by atoms with Crippen molar-refractivity contribution in [2.45, 2.75) is 31.7 Å².